The summed E-state index contributed by atoms with van der Waals surface area (Å²) >= 11 is 0. The van der Waals surface area contributed by atoms with Crippen LogP contribution in [-0.4, -0.2) is 29.2 Å². The van der Waals surface area contributed by atoms with Crippen LogP contribution in [0, 0.1) is 11.3 Å². The average Bonchev–Trinajstić information content (AvgIpc) is 2.66. The van der Waals surface area contributed by atoms with E-state index in [1.807, 2.05) is 0 Å². The van der Waals surface area contributed by atoms with Gasteiger partial charge in [0, 0.05) is 6.07 Å². The van der Waals surface area contributed by atoms with E-state index in [1.54, 1.807) is 30.3 Å². The van der Waals surface area contributed by atoms with Crippen molar-refractivity contribution in [1.29, 1.82) is 5.26 Å². The summed E-state index contributed by atoms with van der Waals surface area (Å²) in [6.45, 7) is 3.75. The lowest BCUT2D eigenvalue weighted by Crippen LogP contribution is -2.31. The summed E-state index contributed by atoms with van der Waals surface area (Å²) < 4.78 is 37.9. The zero-order valence-corrected chi connectivity index (χ0v) is 15.5. The van der Waals surface area contributed by atoms with Crippen LogP contribution in [0.5, 0.6) is 11.5 Å². The van der Waals surface area contributed by atoms with Crippen molar-refractivity contribution in [2.24, 2.45) is 0 Å². The van der Waals surface area contributed by atoms with Gasteiger partial charge in [0.1, 0.15) is 0 Å². The first-order chi connectivity index (χ1) is 12.5. The Morgan fingerprint density at radius 1 is 1.12 bits per heavy atom. The van der Waals surface area contributed by atoms with Gasteiger partial charge >= 0.3 is 0 Å². The first-order valence-corrected chi connectivity index (χ1v) is 9.23. The van der Waals surface area contributed by atoms with Gasteiger partial charge in [0.2, 0.25) is 0 Å². The van der Waals surface area contributed by atoms with Gasteiger partial charge in [-0.2, -0.15) is 5.26 Å². The van der Waals surface area contributed by atoms with Crippen molar-refractivity contribution >= 4 is 15.7 Å². The van der Waals surface area contributed by atoms with Gasteiger partial charge in [0.05, 0.1) is 43.8 Å². The number of nitrogens with zero attached hydrogens (tertiary/aromatic N) is 2. The molecule has 0 aliphatic rings. The second-order valence-electron chi connectivity index (χ2n) is 5.34. The van der Waals surface area contributed by atoms with Crippen molar-refractivity contribution in [2.45, 2.75) is 11.3 Å². The first-order valence-electron chi connectivity index (χ1n) is 7.79. The molecule has 0 heterocycles. The molecule has 0 N–H and O–H groups in total. The Kier molecular flexibility index (Phi) is 6.26. The molecule has 0 unspecified atom stereocenters. The highest BCUT2D eigenvalue weighted by Crippen LogP contribution is 2.32. The molecule has 0 atom stereocenters. The van der Waals surface area contributed by atoms with Crippen LogP contribution in [0.3, 0.4) is 0 Å². The second kappa shape index (κ2) is 8.41. The number of rotatable bonds is 8. The fourth-order valence-corrected chi connectivity index (χ4v) is 3.89. The number of benzene rings is 2. The molecule has 136 valence electrons. The fourth-order valence-electron chi connectivity index (χ4n) is 2.44. The van der Waals surface area contributed by atoms with Crippen molar-refractivity contribution in [3.63, 3.8) is 0 Å². The molecule has 2 aromatic rings. The quantitative estimate of drug-likeness (QED) is 0.665. The lowest BCUT2D eigenvalue weighted by molar-refractivity contribution is 0.354. The third-order valence-electron chi connectivity index (χ3n) is 3.75. The van der Waals surface area contributed by atoms with E-state index in [1.165, 1.54) is 36.7 Å². The maximum absolute atomic E-state index is 13.1. The summed E-state index contributed by atoms with van der Waals surface area (Å²) in [7, 11) is -0.904. The SMILES string of the molecule is C=CCN(c1ccc(CC#N)cc1)S(=O)(=O)c1ccc(OC)c(OC)c1. The van der Waals surface area contributed by atoms with E-state index in [2.05, 4.69) is 12.6 Å². The van der Waals surface area contributed by atoms with Crippen LogP contribution in [0.4, 0.5) is 5.69 Å². The maximum atomic E-state index is 13.1. The Balaban J connectivity index is 2.48. The van der Waals surface area contributed by atoms with Crippen LogP contribution in [0.25, 0.3) is 0 Å². The number of ether oxygens (including phenoxy) is 2. The van der Waals surface area contributed by atoms with Crippen LogP contribution >= 0.6 is 0 Å². The topological polar surface area (TPSA) is 79.6 Å². The Labute approximate surface area is 153 Å². The summed E-state index contributed by atoms with van der Waals surface area (Å²) in [6, 6.07) is 13.3. The third kappa shape index (κ3) is 3.98. The number of methoxy groups -OCH3 is 2. The van der Waals surface area contributed by atoms with Crippen molar-refractivity contribution in [2.75, 3.05) is 25.1 Å². The van der Waals surface area contributed by atoms with Gasteiger partial charge in [0.15, 0.2) is 11.5 Å². The normalized spacial score (nSPS) is 10.7. The molecule has 0 saturated heterocycles. The van der Waals surface area contributed by atoms with Gasteiger partial charge < -0.3 is 9.47 Å². The molecule has 0 radical (unpaired) electrons. The van der Waals surface area contributed by atoms with Gasteiger partial charge in [-0.25, -0.2) is 8.42 Å². The summed E-state index contributed by atoms with van der Waals surface area (Å²) in [4.78, 5) is 0.0816. The van der Waals surface area contributed by atoms with Gasteiger partial charge in [-0.1, -0.05) is 18.2 Å². The predicted octanol–water partition coefficient (Wildman–Crippen LogP) is 3.15. The third-order valence-corrected chi connectivity index (χ3v) is 5.54. The van der Waals surface area contributed by atoms with Crippen LogP contribution in [0.15, 0.2) is 60.0 Å². The van der Waals surface area contributed by atoms with E-state index in [4.69, 9.17) is 14.7 Å². The van der Waals surface area contributed by atoms with Crippen LogP contribution in [0.2, 0.25) is 0 Å². The highest BCUT2D eigenvalue weighted by Gasteiger charge is 2.25. The molecular formula is C19H20N2O4S. The lowest BCUT2D eigenvalue weighted by atomic mass is 10.1. The molecule has 7 heteroatoms. The molecule has 0 fully saturated rings. The van der Waals surface area contributed by atoms with Gasteiger partial charge in [-0.3, -0.25) is 4.31 Å². The Hall–Kier alpha value is -2.98. The first kappa shape index (κ1) is 19.3. The molecule has 26 heavy (non-hydrogen) atoms. The second-order valence-corrected chi connectivity index (χ2v) is 7.21. The van der Waals surface area contributed by atoms with E-state index >= 15 is 0 Å². The minimum atomic E-state index is -3.84. The molecule has 0 amide bonds. The molecule has 0 aromatic heterocycles. The fraction of sp³-hybridized carbons (Fsp3) is 0.211. The van der Waals surface area contributed by atoms with Gasteiger partial charge in [0.25, 0.3) is 10.0 Å². The highest BCUT2D eigenvalue weighted by atomic mass is 32.2. The standard InChI is InChI=1S/C19H20N2O4S/c1-4-13-21(16-7-5-15(6-8-16)11-12-20)26(22,23)17-9-10-18(24-2)19(14-17)25-3/h4-10,14H,1,11,13H2,2-3H3. The summed E-state index contributed by atoms with van der Waals surface area (Å²) in [5, 5.41) is 8.76. The predicted molar refractivity (Wildman–Crippen MR) is 100 cm³/mol. The molecule has 0 spiro atoms. The molecule has 0 saturated carbocycles. The van der Waals surface area contributed by atoms with Crippen molar-refractivity contribution in [1.82, 2.24) is 0 Å². The van der Waals surface area contributed by atoms with E-state index in [0.29, 0.717) is 17.2 Å². The molecule has 0 aliphatic heterocycles. The number of hydrogen-bond donors (Lipinski definition) is 0. The molecular weight excluding hydrogens is 352 g/mol. The zero-order valence-electron chi connectivity index (χ0n) is 14.7. The smallest absolute Gasteiger partial charge is 0.264 e. The van der Waals surface area contributed by atoms with E-state index in [-0.39, 0.29) is 17.9 Å². The summed E-state index contributed by atoms with van der Waals surface area (Å²) in [5.41, 5.74) is 1.31. The summed E-state index contributed by atoms with van der Waals surface area (Å²) in [5.74, 6) is 0.777. The van der Waals surface area contributed by atoms with Crippen molar-refractivity contribution in [3.05, 3.63) is 60.7 Å². The number of hydrogen-bond acceptors (Lipinski definition) is 5. The largest absolute Gasteiger partial charge is 0.493 e. The maximum Gasteiger partial charge on any atom is 0.264 e. The summed E-state index contributed by atoms with van der Waals surface area (Å²) in [6.07, 6.45) is 1.78. The zero-order chi connectivity index (χ0) is 19.2. The van der Waals surface area contributed by atoms with E-state index in [0.717, 1.165) is 5.56 Å². The minimum Gasteiger partial charge on any atom is -0.493 e. The van der Waals surface area contributed by atoms with E-state index < -0.39 is 10.0 Å². The van der Waals surface area contributed by atoms with Crippen LogP contribution < -0.4 is 13.8 Å². The molecule has 6 nitrogen and oxygen atoms in total. The minimum absolute atomic E-state index is 0.0816. The lowest BCUT2D eigenvalue weighted by Gasteiger charge is -2.23. The highest BCUT2D eigenvalue weighted by molar-refractivity contribution is 7.92. The van der Waals surface area contributed by atoms with Gasteiger partial charge in [-0.15, -0.1) is 6.58 Å². The number of nitriles is 1. The molecule has 2 aromatic carbocycles. The van der Waals surface area contributed by atoms with Crippen LogP contribution in [0.1, 0.15) is 5.56 Å². The molecule has 2 rings (SSSR count). The van der Waals surface area contributed by atoms with E-state index in [9.17, 15) is 8.42 Å². The van der Waals surface area contributed by atoms with Crippen molar-refractivity contribution < 1.29 is 17.9 Å². The monoisotopic (exact) mass is 372 g/mol. The van der Waals surface area contributed by atoms with Crippen molar-refractivity contribution in [3.8, 4) is 17.6 Å². The van der Waals surface area contributed by atoms with Crippen LogP contribution in [-0.2, 0) is 16.4 Å². The average molecular weight is 372 g/mol. The number of anilines is 1. The molecule has 0 aliphatic carbocycles. The Morgan fingerprint density at radius 2 is 1.77 bits per heavy atom. The Bertz CT molecular complexity index is 916. The van der Waals surface area contributed by atoms with Gasteiger partial charge in [-0.05, 0) is 29.8 Å². The Morgan fingerprint density at radius 3 is 2.31 bits per heavy atom. The number of sulfonamides is 1. The molecule has 0 bridgehead atoms.